The van der Waals surface area contributed by atoms with Crippen molar-refractivity contribution in [2.24, 2.45) is 0 Å². The van der Waals surface area contributed by atoms with Crippen molar-refractivity contribution >= 4 is 17.2 Å². The molecule has 0 unspecified atom stereocenters. The van der Waals surface area contributed by atoms with E-state index in [2.05, 4.69) is 9.72 Å². The van der Waals surface area contributed by atoms with Gasteiger partial charge in [-0.3, -0.25) is 4.79 Å². The number of nitrogens with zero attached hydrogens (tertiary/aromatic N) is 2. The Hall–Kier alpha value is -2.09. The van der Waals surface area contributed by atoms with Gasteiger partial charge in [0.25, 0.3) is 5.91 Å². The standard InChI is InChI=1S/C15H15F3N2O2S/c1-10-5-7-23-12(10)8-20(2)14(21)11-4-3-6-19-13(11)22-9-15(16,17)18/h3-7H,8-9H2,1-2H3. The number of alkyl halides is 3. The van der Waals surface area contributed by atoms with Crippen molar-refractivity contribution in [2.45, 2.75) is 19.6 Å². The molecule has 2 aromatic rings. The number of hydrogen-bond acceptors (Lipinski definition) is 4. The van der Waals surface area contributed by atoms with Crippen LogP contribution in [-0.2, 0) is 6.54 Å². The van der Waals surface area contributed by atoms with Crippen LogP contribution < -0.4 is 4.74 Å². The fourth-order valence-electron chi connectivity index (χ4n) is 1.88. The number of pyridine rings is 1. The van der Waals surface area contributed by atoms with Crippen LogP contribution in [0.5, 0.6) is 5.88 Å². The van der Waals surface area contributed by atoms with E-state index in [4.69, 9.17) is 0 Å². The molecule has 2 aromatic heterocycles. The van der Waals surface area contributed by atoms with Crippen molar-refractivity contribution in [1.29, 1.82) is 0 Å². The molecule has 0 aliphatic carbocycles. The van der Waals surface area contributed by atoms with Crippen LogP contribution in [0.3, 0.4) is 0 Å². The highest BCUT2D eigenvalue weighted by Gasteiger charge is 2.30. The molecule has 0 bridgehead atoms. The molecule has 0 radical (unpaired) electrons. The molecule has 2 heterocycles. The van der Waals surface area contributed by atoms with Gasteiger partial charge < -0.3 is 9.64 Å². The number of ether oxygens (including phenoxy) is 1. The monoisotopic (exact) mass is 344 g/mol. The molecule has 0 aliphatic rings. The van der Waals surface area contributed by atoms with Gasteiger partial charge in [0.15, 0.2) is 6.61 Å². The molecular weight excluding hydrogens is 329 g/mol. The number of carbonyl (C=O) groups excluding carboxylic acids is 1. The summed E-state index contributed by atoms with van der Waals surface area (Å²) in [6.07, 6.45) is -3.20. The zero-order valence-electron chi connectivity index (χ0n) is 12.6. The zero-order valence-corrected chi connectivity index (χ0v) is 13.4. The van der Waals surface area contributed by atoms with Crippen molar-refractivity contribution in [3.63, 3.8) is 0 Å². The van der Waals surface area contributed by atoms with Gasteiger partial charge in [-0.15, -0.1) is 11.3 Å². The van der Waals surface area contributed by atoms with E-state index in [1.807, 2.05) is 18.4 Å². The van der Waals surface area contributed by atoms with Gasteiger partial charge in [-0.1, -0.05) is 0 Å². The minimum Gasteiger partial charge on any atom is -0.467 e. The third kappa shape index (κ3) is 4.69. The lowest BCUT2D eigenvalue weighted by molar-refractivity contribution is -0.154. The van der Waals surface area contributed by atoms with Gasteiger partial charge in [0, 0.05) is 18.1 Å². The summed E-state index contributed by atoms with van der Waals surface area (Å²) in [6, 6.07) is 4.83. The molecule has 8 heteroatoms. The number of thiophene rings is 1. The molecular formula is C15H15F3N2O2S. The average Bonchev–Trinajstić information content (AvgIpc) is 2.89. The Morgan fingerprint density at radius 2 is 2.13 bits per heavy atom. The first-order chi connectivity index (χ1) is 10.8. The lowest BCUT2D eigenvalue weighted by atomic mass is 10.2. The van der Waals surface area contributed by atoms with Crippen LogP contribution in [-0.4, -0.2) is 35.6 Å². The van der Waals surface area contributed by atoms with E-state index in [9.17, 15) is 18.0 Å². The van der Waals surface area contributed by atoms with Gasteiger partial charge in [0.1, 0.15) is 5.56 Å². The first-order valence-corrected chi connectivity index (χ1v) is 7.59. The fraction of sp³-hybridized carbons (Fsp3) is 0.333. The van der Waals surface area contributed by atoms with Gasteiger partial charge in [0.05, 0.1) is 6.54 Å². The highest BCUT2D eigenvalue weighted by molar-refractivity contribution is 7.10. The Balaban J connectivity index is 2.14. The summed E-state index contributed by atoms with van der Waals surface area (Å²) in [5.74, 6) is -0.757. The van der Waals surface area contributed by atoms with E-state index in [1.165, 1.54) is 34.6 Å². The third-order valence-corrected chi connectivity index (χ3v) is 4.08. The van der Waals surface area contributed by atoms with Crippen molar-refractivity contribution in [3.05, 3.63) is 45.8 Å². The number of hydrogen-bond donors (Lipinski definition) is 0. The summed E-state index contributed by atoms with van der Waals surface area (Å²) in [5, 5.41) is 1.92. The van der Waals surface area contributed by atoms with E-state index in [0.29, 0.717) is 6.54 Å². The average molecular weight is 344 g/mol. The Kier molecular flexibility index (Phi) is 5.25. The van der Waals surface area contributed by atoms with Crippen molar-refractivity contribution in [1.82, 2.24) is 9.88 Å². The fourth-order valence-corrected chi connectivity index (χ4v) is 2.84. The van der Waals surface area contributed by atoms with Gasteiger partial charge >= 0.3 is 6.18 Å². The largest absolute Gasteiger partial charge is 0.467 e. The summed E-state index contributed by atoms with van der Waals surface area (Å²) in [4.78, 5) is 18.6. The first kappa shape index (κ1) is 17.3. The summed E-state index contributed by atoms with van der Waals surface area (Å²) < 4.78 is 41.5. The molecule has 0 saturated heterocycles. The second-order valence-electron chi connectivity index (χ2n) is 4.95. The van der Waals surface area contributed by atoms with Crippen LogP contribution in [0.25, 0.3) is 0 Å². The number of halogens is 3. The Labute approximate surface area is 135 Å². The number of aromatic nitrogens is 1. The predicted octanol–water partition coefficient (Wildman–Crippen LogP) is 3.66. The van der Waals surface area contributed by atoms with E-state index < -0.39 is 18.7 Å². The van der Waals surface area contributed by atoms with Crippen LogP contribution in [0.2, 0.25) is 0 Å². The topological polar surface area (TPSA) is 42.4 Å². The molecule has 0 aliphatic heterocycles. The number of rotatable bonds is 5. The SMILES string of the molecule is Cc1ccsc1CN(C)C(=O)c1cccnc1OCC(F)(F)F. The van der Waals surface area contributed by atoms with Crippen LogP contribution in [0, 0.1) is 6.92 Å². The zero-order chi connectivity index (χ0) is 17.0. The molecule has 0 fully saturated rings. The number of amides is 1. The van der Waals surface area contributed by atoms with Gasteiger partial charge in [-0.05, 0) is 36.1 Å². The van der Waals surface area contributed by atoms with Crippen molar-refractivity contribution in [2.75, 3.05) is 13.7 Å². The molecule has 0 spiro atoms. The summed E-state index contributed by atoms with van der Waals surface area (Å²) >= 11 is 1.52. The molecule has 4 nitrogen and oxygen atoms in total. The van der Waals surface area contributed by atoms with E-state index in [-0.39, 0.29) is 11.4 Å². The molecule has 0 aromatic carbocycles. The Morgan fingerprint density at radius 1 is 1.39 bits per heavy atom. The lowest BCUT2D eigenvalue weighted by Crippen LogP contribution is -2.27. The first-order valence-electron chi connectivity index (χ1n) is 6.71. The van der Waals surface area contributed by atoms with Crippen LogP contribution in [0.15, 0.2) is 29.8 Å². The van der Waals surface area contributed by atoms with E-state index >= 15 is 0 Å². The Bertz CT molecular complexity index is 685. The number of aryl methyl sites for hydroxylation is 1. The maximum atomic E-state index is 12.5. The Morgan fingerprint density at radius 3 is 2.74 bits per heavy atom. The highest BCUT2D eigenvalue weighted by Crippen LogP contribution is 2.23. The molecule has 1 amide bonds. The molecule has 2 rings (SSSR count). The minimum absolute atomic E-state index is 0.00783. The summed E-state index contributed by atoms with van der Waals surface area (Å²) in [6.45, 7) is 0.820. The van der Waals surface area contributed by atoms with Gasteiger partial charge in [0.2, 0.25) is 5.88 Å². The molecule has 0 saturated carbocycles. The van der Waals surface area contributed by atoms with Gasteiger partial charge in [-0.25, -0.2) is 4.98 Å². The third-order valence-electron chi connectivity index (χ3n) is 3.07. The molecule has 23 heavy (non-hydrogen) atoms. The number of carbonyl (C=O) groups is 1. The molecule has 0 N–H and O–H groups in total. The van der Waals surface area contributed by atoms with Crippen molar-refractivity contribution < 1.29 is 22.7 Å². The van der Waals surface area contributed by atoms with E-state index in [1.54, 1.807) is 7.05 Å². The smallest absolute Gasteiger partial charge is 0.422 e. The van der Waals surface area contributed by atoms with Crippen LogP contribution in [0.4, 0.5) is 13.2 Å². The second kappa shape index (κ2) is 6.99. The van der Waals surface area contributed by atoms with Gasteiger partial charge in [-0.2, -0.15) is 13.2 Å². The van der Waals surface area contributed by atoms with Crippen LogP contribution >= 0.6 is 11.3 Å². The summed E-state index contributed by atoms with van der Waals surface area (Å²) in [7, 11) is 1.59. The lowest BCUT2D eigenvalue weighted by Gasteiger charge is -2.18. The summed E-state index contributed by atoms with van der Waals surface area (Å²) in [5.41, 5.74) is 1.07. The minimum atomic E-state index is -4.49. The maximum Gasteiger partial charge on any atom is 0.422 e. The highest BCUT2D eigenvalue weighted by atomic mass is 32.1. The van der Waals surface area contributed by atoms with Crippen LogP contribution in [0.1, 0.15) is 20.8 Å². The molecule has 124 valence electrons. The normalized spacial score (nSPS) is 11.3. The second-order valence-corrected chi connectivity index (χ2v) is 5.95. The molecule has 0 atom stereocenters. The quantitative estimate of drug-likeness (QED) is 0.831. The van der Waals surface area contributed by atoms with E-state index in [0.717, 1.165) is 10.4 Å². The maximum absolute atomic E-state index is 12.5. The van der Waals surface area contributed by atoms with Crippen molar-refractivity contribution in [3.8, 4) is 5.88 Å². The predicted molar refractivity (Wildman–Crippen MR) is 80.6 cm³/mol.